The maximum atomic E-state index is 11.2. The van der Waals surface area contributed by atoms with Gasteiger partial charge in [-0.1, -0.05) is 12.1 Å². The Morgan fingerprint density at radius 2 is 2.15 bits per heavy atom. The van der Waals surface area contributed by atoms with E-state index in [-0.39, 0.29) is 17.1 Å². The lowest BCUT2D eigenvalue weighted by atomic mass is 10.2. The molecule has 0 aliphatic heterocycles. The number of rotatable bonds is 5. The monoisotopic (exact) mass is 273 g/mol. The molecular formula is C14H15N3O3. The Balaban J connectivity index is 2.23. The highest BCUT2D eigenvalue weighted by Crippen LogP contribution is 2.23. The summed E-state index contributed by atoms with van der Waals surface area (Å²) in [6, 6.07) is 8.78. The lowest BCUT2D eigenvalue weighted by Crippen LogP contribution is -2.13. The number of anilines is 1. The molecule has 6 nitrogen and oxygen atoms in total. The number of ether oxygens (including phenoxy) is 2. The number of methoxy groups -OCH3 is 1. The first kappa shape index (κ1) is 13.8. The first-order chi connectivity index (χ1) is 9.60. The third-order valence-electron chi connectivity index (χ3n) is 2.61. The molecule has 1 aromatic carbocycles. The second-order valence-electron chi connectivity index (χ2n) is 4.16. The number of aromatic nitrogens is 1. The van der Waals surface area contributed by atoms with Crippen LogP contribution in [0, 0.1) is 0 Å². The maximum absolute atomic E-state index is 11.2. The smallest absolute Gasteiger partial charge is 0.251 e. The third-order valence-corrected chi connectivity index (χ3v) is 2.61. The Labute approximate surface area is 116 Å². The molecule has 0 saturated heterocycles. The van der Waals surface area contributed by atoms with Crippen LogP contribution in [0.3, 0.4) is 0 Å². The Morgan fingerprint density at radius 3 is 2.85 bits per heavy atom. The molecule has 0 aliphatic carbocycles. The summed E-state index contributed by atoms with van der Waals surface area (Å²) >= 11 is 0. The van der Waals surface area contributed by atoms with Crippen molar-refractivity contribution in [3.63, 3.8) is 0 Å². The van der Waals surface area contributed by atoms with Gasteiger partial charge >= 0.3 is 0 Å². The molecular weight excluding hydrogens is 258 g/mol. The number of carbonyl (C=O) groups is 1. The first-order valence-electron chi connectivity index (χ1n) is 5.91. The number of benzene rings is 1. The van der Waals surface area contributed by atoms with Crippen molar-refractivity contribution in [2.45, 2.75) is 6.61 Å². The number of hydrogen-bond donors (Lipinski definition) is 2. The van der Waals surface area contributed by atoms with Gasteiger partial charge < -0.3 is 20.9 Å². The molecule has 104 valence electrons. The van der Waals surface area contributed by atoms with Crippen molar-refractivity contribution in [2.24, 2.45) is 5.73 Å². The summed E-state index contributed by atoms with van der Waals surface area (Å²) < 4.78 is 10.6. The number of nitrogen functional groups attached to an aromatic ring is 1. The number of primary amides is 1. The summed E-state index contributed by atoms with van der Waals surface area (Å²) in [6.45, 7) is 0.485. The molecule has 2 aromatic rings. The van der Waals surface area contributed by atoms with Crippen molar-refractivity contribution in [2.75, 3.05) is 12.8 Å². The summed E-state index contributed by atoms with van der Waals surface area (Å²) in [6.07, 6.45) is 1.34. The molecule has 1 amide bonds. The Morgan fingerprint density at radius 1 is 1.35 bits per heavy atom. The van der Waals surface area contributed by atoms with Crippen LogP contribution in [0.5, 0.6) is 11.6 Å². The molecule has 6 heteroatoms. The standard InChI is InChI=1S/C14H15N3O3/c1-19-8-9-3-2-4-10(5-9)20-13-6-11(14(16)18)12(15)7-17-13/h2-7H,8,15H2,1H3,(H2,16,18). The second-order valence-corrected chi connectivity index (χ2v) is 4.16. The SMILES string of the molecule is COCc1cccc(Oc2cc(C(N)=O)c(N)cn2)c1. The van der Waals surface area contributed by atoms with E-state index >= 15 is 0 Å². The fourth-order valence-electron chi connectivity index (χ4n) is 1.70. The minimum absolute atomic E-state index is 0.183. The largest absolute Gasteiger partial charge is 0.439 e. The van der Waals surface area contributed by atoms with Gasteiger partial charge in [-0.25, -0.2) is 4.98 Å². The van der Waals surface area contributed by atoms with Crippen molar-refractivity contribution in [1.82, 2.24) is 4.98 Å². The molecule has 0 spiro atoms. The van der Waals surface area contributed by atoms with Crippen LogP contribution in [-0.2, 0) is 11.3 Å². The topological polar surface area (TPSA) is 100 Å². The second kappa shape index (κ2) is 6.03. The Hall–Kier alpha value is -2.60. The van der Waals surface area contributed by atoms with Gasteiger partial charge in [0.2, 0.25) is 5.88 Å². The van der Waals surface area contributed by atoms with E-state index in [1.807, 2.05) is 18.2 Å². The van der Waals surface area contributed by atoms with E-state index in [9.17, 15) is 4.79 Å². The minimum Gasteiger partial charge on any atom is -0.439 e. The molecule has 1 heterocycles. The number of amides is 1. The molecule has 0 atom stereocenters. The number of hydrogen-bond acceptors (Lipinski definition) is 5. The van der Waals surface area contributed by atoms with Gasteiger partial charge in [0.1, 0.15) is 5.75 Å². The van der Waals surface area contributed by atoms with Crippen molar-refractivity contribution in [1.29, 1.82) is 0 Å². The molecule has 0 radical (unpaired) electrons. The molecule has 20 heavy (non-hydrogen) atoms. The Kier molecular flexibility index (Phi) is 4.17. The van der Waals surface area contributed by atoms with E-state index in [2.05, 4.69) is 4.98 Å². The molecule has 0 unspecified atom stereocenters. The summed E-state index contributed by atoms with van der Waals surface area (Å²) in [4.78, 5) is 15.2. The fourth-order valence-corrected chi connectivity index (χ4v) is 1.70. The number of carbonyl (C=O) groups excluding carboxylic acids is 1. The zero-order chi connectivity index (χ0) is 14.5. The summed E-state index contributed by atoms with van der Waals surface area (Å²) in [5.74, 6) is 0.220. The minimum atomic E-state index is -0.622. The lowest BCUT2D eigenvalue weighted by Gasteiger charge is -2.08. The van der Waals surface area contributed by atoms with E-state index in [0.717, 1.165) is 5.56 Å². The van der Waals surface area contributed by atoms with Crippen molar-refractivity contribution < 1.29 is 14.3 Å². The Bertz CT molecular complexity index is 629. The van der Waals surface area contributed by atoms with E-state index in [1.54, 1.807) is 13.2 Å². The van der Waals surface area contributed by atoms with Crippen LogP contribution in [0.2, 0.25) is 0 Å². The van der Waals surface area contributed by atoms with Crippen LogP contribution < -0.4 is 16.2 Å². The molecule has 0 aliphatic rings. The highest BCUT2D eigenvalue weighted by Gasteiger charge is 2.09. The number of pyridine rings is 1. The number of nitrogens with zero attached hydrogens (tertiary/aromatic N) is 1. The first-order valence-corrected chi connectivity index (χ1v) is 5.91. The van der Waals surface area contributed by atoms with Crippen molar-refractivity contribution in [3.8, 4) is 11.6 Å². The van der Waals surface area contributed by atoms with Crippen LogP contribution >= 0.6 is 0 Å². The van der Waals surface area contributed by atoms with E-state index in [4.69, 9.17) is 20.9 Å². The van der Waals surface area contributed by atoms with Gasteiger partial charge in [0.25, 0.3) is 5.91 Å². The van der Waals surface area contributed by atoms with Crippen LogP contribution in [0.15, 0.2) is 36.5 Å². The van der Waals surface area contributed by atoms with Gasteiger partial charge in [-0.2, -0.15) is 0 Å². The van der Waals surface area contributed by atoms with Gasteiger partial charge in [-0.3, -0.25) is 4.79 Å². The van der Waals surface area contributed by atoms with Gasteiger partial charge in [-0.05, 0) is 17.7 Å². The van der Waals surface area contributed by atoms with Gasteiger partial charge in [0.05, 0.1) is 24.1 Å². The van der Waals surface area contributed by atoms with Crippen LogP contribution in [0.1, 0.15) is 15.9 Å². The maximum Gasteiger partial charge on any atom is 0.251 e. The average Bonchev–Trinajstić information content (AvgIpc) is 2.41. The van der Waals surface area contributed by atoms with E-state index < -0.39 is 5.91 Å². The molecule has 0 bridgehead atoms. The third kappa shape index (κ3) is 3.24. The molecule has 0 saturated carbocycles. The molecule has 1 aromatic heterocycles. The molecule has 4 N–H and O–H groups in total. The van der Waals surface area contributed by atoms with Crippen molar-refractivity contribution >= 4 is 11.6 Å². The van der Waals surface area contributed by atoms with E-state index in [1.165, 1.54) is 12.3 Å². The van der Waals surface area contributed by atoms with Crippen molar-refractivity contribution in [3.05, 3.63) is 47.7 Å². The molecule has 0 fully saturated rings. The average molecular weight is 273 g/mol. The highest BCUT2D eigenvalue weighted by molar-refractivity contribution is 5.98. The zero-order valence-corrected chi connectivity index (χ0v) is 11.0. The number of nitrogens with two attached hydrogens (primary N) is 2. The lowest BCUT2D eigenvalue weighted by molar-refractivity contribution is 0.100. The normalized spacial score (nSPS) is 10.2. The van der Waals surface area contributed by atoms with E-state index in [0.29, 0.717) is 12.4 Å². The molecule has 2 rings (SSSR count). The van der Waals surface area contributed by atoms with Crippen LogP contribution in [-0.4, -0.2) is 18.0 Å². The highest BCUT2D eigenvalue weighted by atomic mass is 16.5. The summed E-state index contributed by atoms with van der Waals surface area (Å²) in [5.41, 5.74) is 12.2. The van der Waals surface area contributed by atoms with Crippen LogP contribution in [0.4, 0.5) is 5.69 Å². The quantitative estimate of drug-likeness (QED) is 0.863. The zero-order valence-electron chi connectivity index (χ0n) is 11.0. The van der Waals surface area contributed by atoms with Gasteiger partial charge in [0, 0.05) is 13.2 Å². The summed E-state index contributed by atoms with van der Waals surface area (Å²) in [7, 11) is 1.62. The van der Waals surface area contributed by atoms with Gasteiger partial charge in [-0.15, -0.1) is 0 Å². The predicted octanol–water partition coefficient (Wildman–Crippen LogP) is 1.70. The summed E-state index contributed by atoms with van der Waals surface area (Å²) in [5, 5.41) is 0. The fraction of sp³-hybridized carbons (Fsp3) is 0.143. The predicted molar refractivity (Wildman–Crippen MR) is 74.4 cm³/mol. The van der Waals surface area contributed by atoms with Crippen LogP contribution in [0.25, 0.3) is 0 Å². The van der Waals surface area contributed by atoms with Gasteiger partial charge in [0.15, 0.2) is 0 Å².